The van der Waals surface area contributed by atoms with Gasteiger partial charge >= 0.3 is 0 Å². The number of rotatable bonds is 2. The molecule has 1 amide bonds. The van der Waals surface area contributed by atoms with Crippen LogP contribution in [0.15, 0.2) is 24.3 Å². The van der Waals surface area contributed by atoms with Gasteiger partial charge in [-0.1, -0.05) is 24.3 Å². The number of nitrogens with zero attached hydrogens (tertiary/aromatic N) is 1. The van der Waals surface area contributed by atoms with Gasteiger partial charge in [0, 0.05) is 12.6 Å². The van der Waals surface area contributed by atoms with E-state index < -0.39 is 0 Å². The van der Waals surface area contributed by atoms with Crippen LogP contribution >= 0.6 is 0 Å². The van der Waals surface area contributed by atoms with Gasteiger partial charge in [-0.15, -0.1) is 0 Å². The fraction of sp³-hybridized carbons (Fsp3) is 0.462. The molecule has 0 aromatic heterocycles. The van der Waals surface area contributed by atoms with Gasteiger partial charge < -0.3 is 5.73 Å². The number of hydrogen-bond acceptors (Lipinski definition) is 2. The average Bonchev–Trinajstić information content (AvgIpc) is 2.27. The summed E-state index contributed by atoms with van der Waals surface area (Å²) in [5.41, 5.74) is 8.07. The second-order valence-electron chi connectivity index (χ2n) is 4.57. The summed E-state index contributed by atoms with van der Waals surface area (Å²) in [6.45, 7) is 4.85. The van der Waals surface area contributed by atoms with Gasteiger partial charge in [0.25, 0.3) is 0 Å². The second-order valence-corrected chi connectivity index (χ2v) is 4.57. The molecular formula is C13H18N2O. The number of amides is 1. The second kappa shape index (κ2) is 4.26. The molecule has 0 spiro atoms. The predicted octanol–water partition coefficient (Wildman–Crippen LogP) is 1.31. The van der Waals surface area contributed by atoms with Gasteiger partial charge in [-0.2, -0.15) is 0 Å². The van der Waals surface area contributed by atoms with E-state index in [1.165, 1.54) is 11.1 Å². The lowest BCUT2D eigenvalue weighted by molar-refractivity contribution is -0.123. The van der Waals surface area contributed by atoms with Gasteiger partial charge in [0.05, 0.1) is 6.04 Å². The van der Waals surface area contributed by atoms with Crippen LogP contribution < -0.4 is 5.73 Å². The standard InChI is InChI=1S/C13H18N2O/c1-9-7-11-5-3-4-6-12(11)8-15(9)10(2)13(14)16/h3-6,9-10H,7-8H2,1-2H3,(H2,14,16). The summed E-state index contributed by atoms with van der Waals surface area (Å²) < 4.78 is 0. The Balaban J connectivity index is 2.24. The van der Waals surface area contributed by atoms with E-state index in [4.69, 9.17) is 5.73 Å². The SMILES string of the molecule is CC1Cc2ccccc2CN1C(C)C(N)=O. The molecule has 1 aliphatic heterocycles. The van der Waals surface area contributed by atoms with Crippen molar-refractivity contribution >= 4 is 5.91 Å². The minimum atomic E-state index is -0.244. The topological polar surface area (TPSA) is 46.3 Å². The molecule has 1 aromatic rings. The highest BCUT2D eigenvalue weighted by atomic mass is 16.1. The first-order valence-electron chi connectivity index (χ1n) is 5.71. The summed E-state index contributed by atoms with van der Waals surface area (Å²) in [4.78, 5) is 13.4. The fourth-order valence-electron chi connectivity index (χ4n) is 2.38. The minimum Gasteiger partial charge on any atom is -0.368 e. The normalized spacial score (nSPS) is 22.5. The summed E-state index contributed by atoms with van der Waals surface area (Å²) >= 11 is 0. The molecule has 1 aromatic carbocycles. The Hall–Kier alpha value is -1.35. The van der Waals surface area contributed by atoms with E-state index in [2.05, 4.69) is 30.0 Å². The zero-order valence-electron chi connectivity index (χ0n) is 9.81. The molecule has 2 rings (SSSR count). The highest BCUT2D eigenvalue weighted by Crippen LogP contribution is 2.24. The van der Waals surface area contributed by atoms with Crippen molar-refractivity contribution in [1.82, 2.24) is 4.90 Å². The van der Waals surface area contributed by atoms with Gasteiger partial charge in [-0.05, 0) is 31.4 Å². The molecule has 0 fully saturated rings. The van der Waals surface area contributed by atoms with Gasteiger partial charge in [-0.3, -0.25) is 9.69 Å². The zero-order valence-corrected chi connectivity index (χ0v) is 9.81. The molecule has 3 nitrogen and oxygen atoms in total. The number of carbonyl (C=O) groups excluding carboxylic acids is 1. The van der Waals surface area contributed by atoms with E-state index in [1.807, 2.05) is 13.0 Å². The van der Waals surface area contributed by atoms with Crippen molar-refractivity contribution in [2.45, 2.75) is 38.9 Å². The number of benzene rings is 1. The highest BCUT2D eigenvalue weighted by Gasteiger charge is 2.28. The molecule has 2 atom stereocenters. The Morgan fingerprint density at radius 1 is 1.44 bits per heavy atom. The number of nitrogens with two attached hydrogens (primary N) is 1. The van der Waals surface area contributed by atoms with Crippen LogP contribution in [0.4, 0.5) is 0 Å². The molecular weight excluding hydrogens is 200 g/mol. The van der Waals surface area contributed by atoms with Crippen LogP contribution in [0.3, 0.4) is 0 Å². The van der Waals surface area contributed by atoms with Crippen molar-refractivity contribution in [3.63, 3.8) is 0 Å². The van der Waals surface area contributed by atoms with E-state index in [0.717, 1.165) is 13.0 Å². The first-order valence-corrected chi connectivity index (χ1v) is 5.71. The summed E-state index contributed by atoms with van der Waals surface area (Å²) in [5.74, 6) is -0.244. The number of hydrogen-bond donors (Lipinski definition) is 1. The molecule has 86 valence electrons. The Labute approximate surface area is 96.2 Å². The van der Waals surface area contributed by atoms with Gasteiger partial charge in [-0.25, -0.2) is 0 Å². The van der Waals surface area contributed by atoms with Gasteiger partial charge in [0.15, 0.2) is 0 Å². The molecule has 0 aliphatic carbocycles. The Kier molecular flexibility index (Phi) is 2.97. The third-order valence-corrected chi connectivity index (χ3v) is 3.46. The van der Waals surface area contributed by atoms with Crippen molar-refractivity contribution in [3.8, 4) is 0 Å². The lowest BCUT2D eigenvalue weighted by Crippen LogP contribution is -2.49. The number of fused-ring (bicyclic) bond motifs is 1. The average molecular weight is 218 g/mol. The maximum atomic E-state index is 11.2. The summed E-state index contributed by atoms with van der Waals surface area (Å²) in [6, 6.07) is 8.58. The van der Waals surface area contributed by atoms with Crippen molar-refractivity contribution in [2.24, 2.45) is 5.73 Å². The minimum absolute atomic E-state index is 0.191. The van der Waals surface area contributed by atoms with Crippen molar-refractivity contribution in [2.75, 3.05) is 0 Å². The van der Waals surface area contributed by atoms with Crippen LogP contribution in [0.2, 0.25) is 0 Å². The third-order valence-electron chi connectivity index (χ3n) is 3.46. The molecule has 1 aliphatic rings. The monoisotopic (exact) mass is 218 g/mol. The van der Waals surface area contributed by atoms with E-state index in [9.17, 15) is 4.79 Å². The van der Waals surface area contributed by atoms with Crippen LogP contribution in [-0.2, 0) is 17.8 Å². The van der Waals surface area contributed by atoms with E-state index in [-0.39, 0.29) is 11.9 Å². The molecule has 0 saturated heterocycles. The van der Waals surface area contributed by atoms with Gasteiger partial charge in [0.2, 0.25) is 5.91 Å². The first-order chi connectivity index (χ1) is 7.59. The van der Waals surface area contributed by atoms with Crippen LogP contribution in [0.25, 0.3) is 0 Å². The Morgan fingerprint density at radius 3 is 2.69 bits per heavy atom. The van der Waals surface area contributed by atoms with E-state index in [0.29, 0.717) is 6.04 Å². The van der Waals surface area contributed by atoms with Crippen LogP contribution in [0.5, 0.6) is 0 Å². The van der Waals surface area contributed by atoms with Crippen molar-refractivity contribution in [1.29, 1.82) is 0 Å². The lowest BCUT2D eigenvalue weighted by Gasteiger charge is -2.37. The molecule has 2 unspecified atom stereocenters. The summed E-state index contributed by atoms with van der Waals surface area (Å²) in [5, 5.41) is 0. The maximum Gasteiger partial charge on any atom is 0.234 e. The van der Waals surface area contributed by atoms with Crippen LogP contribution in [0.1, 0.15) is 25.0 Å². The zero-order chi connectivity index (χ0) is 11.7. The van der Waals surface area contributed by atoms with Gasteiger partial charge in [0.1, 0.15) is 0 Å². The van der Waals surface area contributed by atoms with E-state index >= 15 is 0 Å². The predicted molar refractivity (Wildman–Crippen MR) is 63.8 cm³/mol. The molecule has 1 heterocycles. The smallest absolute Gasteiger partial charge is 0.234 e. The molecule has 3 heteroatoms. The Morgan fingerprint density at radius 2 is 2.06 bits per heavy atom. The number of primary amides is 1. The van der Waals surface area contributed by atoms with Crippen molar-refractivity contribution < 1.29 is 4.79 Å². The largest absolute Gasteiger partial charge is 0.368 e. The first kappa shape index (κ1) is 11.1. The highest BCUT2D eigenvalue weighted by molar-refractivity contribution is 5.79. The van der Waals surface area contributed by atoms with Crippen LogP contribution in [-0.4, -0.2) is 22.9 Å². The molecule has 2 N–H and O–H groups in total. The van der Waals surface area contributed by atoms with E-state index in [1.54, 1.807) is 0 Å². The van der Waals surface area contributed by atoms with Crippen molar-refractivity contribution in [3.05, 3.63) is 35.4 Å². The molecule has 0 radical (unpaired) electrons. The summed E-state index contributed by atoms with van der Waals surface area (Å²) in [7, 11) is 0. The maximum absolute atomic E-state index is 11.2. The number of carbonyl (C=O) groups is 1. The Bertz CT molecular complexity index is 403. The molecule has 16 heavy (non-hydrogen) atoms. The third kappa shape index (κ3) is 1.95. The molecule has 0 saturated carbocycles. The summed E-state index contributed by atoms with van der Waals surface area (Å²) in [6.07, 6.45) is 0.994. The quantitative estimate of drug-likeness (QED) is 0.813. The van der Waals surface area contributed by atoms with Crippen LogP contribution in [0, 0.1) is 0 Å². The fourth-order valence-corrected chi connectivity index (χ4v) is 2.38. The molecule has 0 bridgehead atoms. The lowest BCUT2D eigenvalue weighted by atomic mass is 9.93.